The van der Waals surface area contributed by atoms with Crippen LogP contribution >= 0.6 is 0 Å². The summed E-state index contributed by atoms with van der Waals surface area (Å²) in [6, 6.07) is 19.2. The fourth-order valence-electron chi connectivity index (χ4n) is 2.07. The van der Waals surface area contributed by atoms with Crippen molar-refractivity contribution < 1.29 is 10.1 Å². The van der Waals surface area contributed by atoms with Crippen LogP contribution in [0.2, 0.25) is 0 Å². The van der Waals surface area contributed by atoms with Gasteiger partial charge in [-0.25, -0.2) is 0 Å². The highest BCUT2D eigenvalue weighted by Gasteiger charge is 2.09. The van der Waals surface area contributed by atoms with Gasteiger partial charge in [-0.15, -0.1) is 0 Å². The van der Waals surface area contributed by atoms with Crippen LogP contribution in [0, 0.1) is 0 Å². The first-order valence-electron chi connectivity index (χ1n) is 6.31. The minimum Gasteiger partial charge on any atom is -0.496 e. The number of para-hydroxylation sites is 1. The number of ether oxygens (including phenoxy) is 1. The first kappa shape index (κ1) is 12.7. The summed E-state index contributed by atoms with van der Waals surface area (Å²) >= 11 is 0. The van der Waals surface area contributed by atoms with E-state index >= 15 is 0 Å². The molecule has 0 aliphatic rings. The molecule has 0 fully saturated rings. The molecule has 0 aliphatic carbocycles. The van der Waals surface area contributed by atoms with Crippen LogP contribution in [-0.2, 0) is 6.54 Å². The van der Waals surface area contributed by atoms with E-state index in [0.717, 1.165) is 12.3 Å². The number of quaternary nitrogens is 1. The van der Waals surface area contributed by atoms with Crippen LogP contribution in [-0.4, -0.2) is 7.11 Å². The number of benzene rings is 2. The first-order chi connectivity index (χ1) is 8.81. The van der Waals surface area contributed by atoms with Gasteiger partial charge < -0.3 is 10.1 Å². The zero-order chi connectivity index (χ0) is 12.8. The van der Waals surface area contributed by atoms with E-state index in [4.69, 9.17) is 4.74 Å². The van der Waals surface area contributed by atoms with Crippen molar-refractivity contribution in [3.8, 4) is 5.75 Å². The Labute approximate surface area is 109 Å². The Morgan fingerprint density at radius 3 is 2.39 bits per heavy atom. The summed E-state index contributed by atoms with van der Waals surface area (Å²) in [6.07, 6.45) is 0. The third kappa shape index (κ3) is 3.11. The van der Waals surface area contributed by atoms with Crippen LogP contribution in [0.25, 0.3) is 0 Å². The Bertz CT molecular complexity index is 481. The third-order valence-corrected chi connectivity index (χ3v) is 3.21. The van der Waals surface area contributed by atoms with Gasteiger partial charge in [0.2, 0.25) is 0 Å². The van der Waals surface area contributed by atoms with Crippen LogP contribution < -0.4 is 10.1 Å². The Morgan fingerprint density at radius 1 is 1.00 bits per heavy atom. The van der Waals surface area contributed by atoms with Gasteiger partial charge in [0.25, 0.3) is 0 Å². The van der Waals surface area contributed by atoms with Gasteiger partial charge in [0.1, 0.15) is 18.3 Å². The molecule has 0 spiro atoms. The lowest BCUT2D eigenvalue weighted by Gasteiger charge is -2.12. The van der Waals surface area contributed by atoms with Crippen LogP contribution in [0.1, 0.15) is 24.1 Å². The van der Waals surface area contributed by atoms with E-state index in [-0.39, 0.29) is 0 Å². The lowest BCUT2D eigenvalue weighted by molar-refractivity contribution is -0.708. The van der Waals surface area contributed by atoms with Gasteiger partial charge in [-0.3, -0.25) is 0 Å². The molecule has 0 aliphatic heterocycles. The standard InChI is InChI=1S/C16H19NO/c1-13(14-8-4-3-5-9-14)17-12-15-10-6-7-11-16(15)18-2/h3-11,13,17H,12H2,1-2H3/p+1/t13-/m1/s1. The highest BCUT2D eigenvalue weighted by Crippen LogP contribution is 2.16. The lowest BCUT2D eigenvalue weighted by Crippen LogP contribution is -2.83. The maximum absolute atomic E-state index is 5.36. The van der Waals surface area contributed by atoms with Crippen molar-refractivity contribution in [2.45, 2.75) is 19.5 Å². The van der Waals surface area contributed by atoms with Gasteiger partial charge in [0.05, 0.1) is 7.11 Å². The first-order valence-corrected chi connectivity index (χ1v) is 6.31. The van der Waals surface area contributed by atoms with E-state index in [9.17, 15) is 0 Å². The monoisotopic (exact) mass is 242 g/mol. The third-order valence-electron chi connectivity index (χ3n) is 3.21. The van der Waals surface area contributed by atoms with Crippen LogP contribution in [0.5, 0.6) is 5.75 Å². The van der Waals surface area contributed by atoms with Crippen molar-refractivity contribution in [2.75, 3.05) is 7.11 Å². The molecule has 0 unspecified atom stereocenters. The fourth-order valence-corrected chi connectivity index (χ4v) is 2.07. The van der Waals surface area contributed by atoms with E-state index in [1.165, 1.54) is 11.1 Å². The lowest BCUT2D eigenvalue weighted by atomic mass is 10.1. The molecule has 2 heteroatoms. The molecule has 0 saturated heterocycles. The number of methoxy groups -OCH3 is 1. The van der Waals surface area contributed by atoms with E-state index in [1.54, 1.807) is 7.11 Å². The summed E-state index contributed by atoms with van der Waals surface area (Å²) in [4.78, 5) is 0. The molecule has 18 heavy (non-hydrogen) atoms. The van der Waals surface area contributed by atoms with E-state index in [2.05, 4.69) is 54.7 Å². The van der Waals surface area contributed by atoms with Crippen LogP contribution in [0.3, 0.4) is 0 Å². The predicted octanol–water partition coefficient (Wildman–Crippen LogP) is 2.52. The molecule has 0 aromatic heterocycles. The average molecular weight is 242 g/mol. The zero-order valence-corrected chi connectivity index (χ0v) is 11.0. The Kier molecular flexibility index (Phi) is 4.37. The molecule has 2 N–H and O–H groups in total. The minimum atomic E-state index is 0.455. The Morgan fingerprint density at radius 2 is 1.67 bits per heavy atom. The normalized spacial score (nSPS) is 12.1. The quantitative estimate of drug-likeness (QED) is 0.856. The molecule has 0 amide bonds. The molecule has 2 aromatic carbocycles. The maximum atomic E-state index is 5.36. The smallest absolute Gasteiger partial charge is 0.127 e. The van der Waals surface area contributed by atoms with Gasteiger partial charge in [-0.1, -0.05) is 42.5 Å². The van der Waals surface area contributed by atoms with Crippen molar-refractivity contribution in [1.29, 1.82) is 0 Å². The van der Waals surface area contributed by atoms with Gasteiger partial charge in [-0.2, -0.15) is 0 Å². The van der Waals surface area contributed by atoms with Gasteiger partial charge in [0.15, 0.2) is 0 Å². The molecule has 2 rings (SSSR count). The Balaban J connectivity index is 1.99. The van der Waals surface area contributed by atoms with Crippen molar-refractivity contribution in [2.24, 2.45) is 0 Å². The van der Waals surface area contributed by atoms with Crippen molar-refractivity contribution in [3.63, 3.8) is 0 Å². The number of nitrogens with two attached hydrogens (primary N) is 1. The van der Waals surface area contributed by atoms with E-state index < -0.39 is 0 Å². The summed E-state index contributed by atoms with van der Waals surface area (Å²) < 4.78 is 5.36. The molecule has 2 nitrogen and oxygen atoms in total. The number of hydrogen-bond acceptors (Lipinski definition) is 1. The predicted molar refractivity (Wildman–Crippen MR) is 73.5 cm³/mol. The molecule has 1 atom stereocenters. The number of hydrogen-bond donors (Lipinski definition) is 1. The van der Waals surface area contributed by atoms with Crippen molar-refractivity contribution >= 4 is 0 Å². The van der Waals surface area contributed by atoms with Gasteiger partial charge in [-0.05, 0) is 19.1 Å². The summed E-state index contributed by atoms with van der Waals surface area (Å²) in [5, 5.41) is 2.33. The zero-order valence-electron chi connectivity index (χ0n) is 11.0. The number of rotatable bonds is 5. The van der Waals surface area contributed by atoms with Crippen LogP contribution in [0.15, 0.2) is 54.6 Å². The molecular weight excluding hydrogens is 222 g/mol. The van der Waals surface area contributed by atoms with Gasteiger partial charge in [0, 0.05) is 11.1 Å². The van der Waals surface area contributed by atoms with Crippen molar-refractivity contribution in [1.82, 2.24) is 0 Å². The summed E-state index contributed by atoms with van der Waals surface area (Å²) in [5.74, 6) is 0.967. The van der Waals surface area contributed by atoms with Gasteiger partial charge >= 0.3 is 0 Å². The molecule has 94 valence electrons. The molecular formula is C16H20NO+. The summed E-state index contributed by atoms with van der Waals surface area (Å²) in [7, 11) is 1.72. The average Bonchev–Trinajstić information content (AvgIpc) is 2.46. The molecule has 0 bridgehead atoms. The molecule has 0 saturated carbocycles. The SMILES string of the molecule is COc1ccccc1C[NH2+][C@H](C)c1ccccc1. The largest absolute Gasteiger partial charge is 0.496 e. The second-order valence-corrected chi connectivity index (χ2v) is 4.45. The summed E-state index contributed by atoms with van der Waals surface area (Å²) in [5.41, 5.74) is 2.59. The second-order valence-electron chi connectivity index (χ2n) is 4.45. The fraction of sp³-hybridized carbons (Fsp3) is 0.250. The summed E-state index contributed by atoms with van der Waals surface area (Å²) in [6.45, 7) is 3.16. The second kappa shape index (κ2) is 6.22. The maximum Gasteiger partial charge on any atom is 0.127 e. The van der Waals surface area contributed by atoms with E-state index in [1.807, 2.05) is 12.1 Å². The van der Waals surface area contributed by atoms with E-state index in [0.29, 0.717) is 6.04 Å². The van der Waals surface area contributed by atoms with Crippen molar-refractivity contribution in [3.05, 3.63) is 65.7 Å². The molecule has 0 radical (unpaired) electrons. The van der Waals surface area contributed by atoms with Crippen LogP contribution in [0.4, 0.5) is 0 Å². The topological polar surface area (TPSA) is 25.8 Å². The molecule has 2 aromatic rings. The molecule has 0 heterocycles. The minimum absolute atomic E-state index is 0.455. The highest BCUT2D eigenvalue weighted by atomic mass is 16.5. The highest BCUT2D eigenvalue weighted by molar-refractivity contribution is 5.32. The Hall–Kier alpha value is -1.80.